The Kier molecular flexibility index (Phi) is 12.9. The number of ketones is 1. The smallest absolute Gasteiger partial charge is 0.301 e. The van der Waals surface area contributed by atoms with Gasteiger partial charge in [0.2, 0.25) is 17.6 Å². The Hall–Kier alpha value is -5.93. The van der Waals surface area contributed by atoms with Crippen molar-refractivity contribution in [1.82, 2.24) is 29.8 Å². The van der Waals surface area contributed by atoms with Gasteiger partial charge >= 0.3 is 10.2 Å². The summed E-state index contributed by atoms with van der Waals surface area (Å²) in [6.07, 6.45) is 2.59. The predicted molar refractivity (Wildman–Crippen MR) is 239 cm³/mol. The van der Waals surface area contributed by atoms with Crippen LogP contribution in [0.15, 0.2) is 73.1 Å². The molecule has 5 aromatic rings. The maximum absolute atomic E-state index is 15.8. The van der Waals surface area contributed by atoms with E-state index in [-0.39, 0.29) is 42.8 Å². The lowest BCUT2D eigenvalue weighted by Gasteiger charge is -2.40. The van der Waals surface area contributed by atoms with E-state index in [9.17, 15) is 32.3 Å². The molecule has 3 aromatic carbocycles. The van der Waals surface area contributed by atoms with E-state index < -0.39 is 75.6 Å². The summed E-state index contributed by atoms with van der Waals surface area (Å²) in [6, 6.07) is 15.3. The molecule has 2 unspecified atom stereocenters. The third kappa shape index (κ3) is 9.50. The molecule has 5 N–H and O–H groups in total. The zero-order valence-corrected chi connectivity index (χ0v) is 36.6. The van der Waals surface area contributed by atoms with Crippen molar-refractivity contribution in [3.8, 4) is 11.1 Å². The van der Waals surface area contributed by atoms with Gasteiger partial charge < -0.3 is 19.9 Å². The van der Waals surface area contributed by atoms with E-state index in [0.717, 1.165) is 92.0 Å². The molecule has 3 atom stereocenters. The summed E-state index contributed by atoms with van der Waals surface area (Å²) in [5.74, 6) is -4.54. The number of carbonyl (C=O) groups is 3. The highest BCUT2D eigenvalue weighted by Gasteiger charge is 2.34. The number of hydrogen-bond acceptors (Lipinski definition) is 11. The standard InChI is InChI=1S/C46H49F4N9O6S/c47-30-13-16-59(26-30)66(64,65)55-38-8-7-36(48)41(42(38)50)43(61)35-24-52-44-34(35)21-29(23-51-44)28-1-3-31(4-2-28)57-14-11-27(12-15-57)25-56-17-19-58(20-18-56)32-5-6-33(37(49)22-32)45(62)53-39-9-10-40(60)54-46(39)63/h1-8,21-24,27,30,39,45,53,55,62H,9-20,25-26H2,(H,51,52)(H,54,60,63)/t30-,39?,45?/m1/s1. The average Bonchev–Trinajstić information content (AvgIpc) is 3.95. The van der Waals surface area contributed by atoms with Gasteiger partial charge in [0.25, 0.3) is 0 Å². The summed E-state index contributed by atoms with van der Waals surface area (Å²) in [7, 11) is -4.36. The van der Waals surface area contributed by atoms with Gasteiger partial charge in [-0.25, -0.2) is 22.5 Å². The van der Waals surface area contributed by atoms with E-state index in [2.05, 4.69) is 35.3 Å². The number of piperidine rings is 2. The average molecular weight is 932 g/mol. The highest BCUT2D eigenvalue weighted by molar-refractivity contribution is 7.90. The Morgan fingerprint density at radius 1 is 0.848 bits per heavy atom. The van der Waals surface area contributed by atoms with Crippen LogP contribution >= 0.6 is 0 Å². The SMILES string of the molecule is O=C1CCC(NC(O)c2ccc(N3CCN(CC4CCN(c5ccc(-c6cnc7[nH]cc(C(=O)c8c(F)ccc(NS(=O)(=O)N9CC[C@@H](F)C9)c8F)c7c6)cc5)CC4)CC3)cc2F)C(=O)N1. The number of anilines is 3. The van der Waals surface area contributed by atoms with Gasteiger partial charge in [-0.2, -0.15) is 12.7 Å². The first-order valence-electron chi connectivity index (χ1n) is 22.0. The van der Waals surface area contributed by atoms with Crippen LogP contribution in [0.2, 0.25) is 0 Å². The minimum Gasteiger partial charge on any atom is -0.374 e. The molecule has 0 spiro atoms. The lowest BCUT2D eigenvalue weighted by Crippen LogP contribution is -2.51. The monoisotopic (exact) mass is 931 g/mol. The molecule has 0 aliphatic carbocycles. The molecule has 4 aliphatic rings. The lowest BCUT2D eigenvalue weighted by atomic mass is 9.95. The summed E-state index contributed by atoms with van der Waals surface area (Å²) < 4.78 is 88.2. The number of imide groups is 1. The van der Waals surface area contributed by atoms with Gasteiger partial charge in [-0.15, -0.1) is 0 Å². The van der Waals surface area contributed by atoms with Crippen molar-refractivity contribution in [3.05, 3.63) is 107 Å². The van der Waals surface area contributed by atoms with Crippen molar-refractivity contribution in [2.75, 3.05) is 73.4 Å². The molecule has 66 heavy (non-hydrogen) atoms. The van der Waals surface area contributed by atoms with Gasteiger partial charge in [-0.1, -0.05) is 18.2 Å². The van der Waals surface area contributed by atoms with E-state index in [1.54, 1.807) is 18.3 Å². The summed E-state index contributed by atoms with van der Waals surface area (Å²) in [4.78, 5) is 51.5. The Labute approximate surface area is 378 Å². The number of hydrogen-bond donors (Lipinski definition) is 5. The number of pyridine rings is 1. The molecule has 6 heterocycles. The zero-order chi connectivity index (χ0) is 46.3. The summed E-state index contributed by atoms with van der Waals surface area (Å²) >= 11 is 0. The Balaban J connectivity index is 0.773. The van der Waals surface area contributed by atoms with Crippen molar-refractivity contribution in [1.29, 1.82) is 0 Å². The fourth-order valence-corrected chi connectivity index (χ4v) is 10.6. The molecule has 15 nitrogen and oxygen atoms in total. The van der Waals surface area contributed by atoms with Crippen molar-refractivity contribution in [2.45, 2.75) is 50.5 Å². The normalized spacial score (nSPS) is 20.8. The van der Waals surface area contributed by atoms with Crippen LogP contribution in [0.1, 0.15) is 59.8 Å². The maximum Gasteiger partial charge on any atom is 0.301 e. The van der Waals surface area contributed by atoms with Gasteiger partial charge in [0.15, 0.2) is 5.82 Å². The molecule has 2 amide bonds. The number of H-pyrrole nitrogens is 1. The highest BCUT2D eigenvalue weighted by Crippen LogP contribution is 2.33. The van der Waals surface area contributed by atoms with Crippen molar-refractivity contribution in [3.63, 3.8) is 0 Å². The largest absolute Gasteiger partial charge is 0.374 e. The number of aliphatic hydroxyl groups is 1. The number of aromatic nitrogens is 2. The van der Waals surface area contributed by atoms with Crippen LogP contribution in [0, 0.1) is 23.4 Å². The number of aromatic amines is 1. The number of amides is 2. The molecule has 2 aromatic heterocycles. The molecular formula is C46H49F4N9O6S. The maximum atomic E-state index is 15.8. The predicted octanol–water partition coefficient (Wildman–Crippen LogP) is 5.00. The van der Waals surface area contributed by atoms with E-state index in [1.807, 2.05) is 29.0 Å². The van der Waals surface area contributed by atoms with Gasteiger partial charge in [0.05, 0.1) is 17.3 Å². The minimum atomic E-state index is -4.36. The second-order valence-corrected chi connectivity index (χ2v) is 19.0. The summed E-state index contributed by atoms with van der Waals surface area (Å²) in [6.45, 7) is 5.36. The van der Waals surface area contributed by atoms with E-state index >= 15 is 13.2 Å². The first-order valence-corrected chi connectivity index (χ1v) is 23.5. The van der Waals surface area contributed by atoms with Gasteiger partial charge in [-0.3, -0.25) is 34.6 Å². The second kappa shape index (κ2) is 18.8. The Bertz CT molecular complexity index is 2760. The number of nitrogens with zero attached hydrogens (tertiary/aromatic N) is 5. The fourth-order valence-electron chi connectivity index (χ4n) is 9.29. The Morgan fingerprint density at radius 3 is 2.27 bits per heavy atom. The quantitative estimate of drug-likeness (QED) is 0.0464. The van der Waals surface area contributed by atoms with Crippen LogP contribution in [0.4, 0.5) is 34.6 Å². The molecule has 9 rings (SSSR count). The molecule has 348 valence electrons. The van der Waals surface area contributed by atoms with Crippen LogP contribution < -0.4 is 25.2 Å². The number of piperazine rings is 1. The first-order chi connectivity index (χ1) is 31.7. The number of benzene rings is 3. The number of aliphatic hydroxyl groups excluding tert-OH is 1. The molecule has 4 fully saturated rings. The van der Waals surface area contributed by atoms with Crippen molar-refractivity contribution < 1.29 is 45.5 Å². The highest BCUT2D eigenvalue weighted by atomic mass is 32.2. The number of nitrogens with one attached hydrogen (secondary N) is 4. The first kappa shape index (κ1) is 45.2. The van der Waals surface area contributed by atoms with Crippen LogP contribution in [0.25, 0.3) is 22.2 Å². The number of fused-ring (bicyclic) bond motifs is 1. The van der Waals surface area contributed by atoms with E-state index in [0.29, 0.717) is 22.5 Å². The van der Waals surface area contributed by atoms with Gasteiger partial charge in [-0.05, 0) is 79.6 Å². The second-order valence-electron chi connectivity index (χ2n) is 17.3. The number of halogens is 4. The molecule has 0 saturated carbocycles. The van der Waals surface area contributed by atoms with Gasteiger partial charge in [0.1, 0.15) is 29.7 Å². The topological polar surface area (TPSA) is 183 Å². The lowest BCUT2D eigenvalue weighted by molar-refractivity contribution is -0.135. The fraction of sp³-hybridized carbons (Fsp3) is 0.391. The molecule has 20 heteroatoms. The number of rotatable bonds is 13. The summed E-state index contributed by atoms with van der Waals surface area (Å²) in [5, 5.41) is 15.9. The van der Waals surface area contributed by atoms with Gasteiger partial charge in [0, 0.05) is 111 Å². The molecule has 4 saturated heterocycles. The van der Waals surface area contributed by atoms with Crippen molar-refractivity contribution in [2.24, 2.45) is 5.92 Å². The third-order valence-electron chi connectivity index (χ3n) is 13.1. The minimum absolute atomic E-state index is 0.00212. The van der Waals surface area contributed by atoms with E-state index in [1.165, 1.54) is 18.3 Å². The molecule has 4 aliphatic heterocycles. The third-order valence-corrected chi connectivity index (χ3v) is 14.6. The van der Waals surface area contributed by atoms with Crippen LogP contribution in [-0.2, 0) is 19.8 Å². The zero-order valence-electron chi connectivity index (χ0n) is 35.8. The summed E-state index contributed by atoms with van der Waals surface area (Å²) in [5.41, 5.74) is 1.98. The number of carbonyl (C=O) groups excluding carboxylic acids is 3. The van der Waals surface area contributed by atoms with Crippen LogP contribution in [-0.4, -0.2) is 121 Å². The van der Waals surface area contributed by atoms with E-state index in [4.69, 9.17) is 0 Å². The number of alkyl halides is 1. The van der Waals surface area contributed by atoms with Crippen LogP contribution in [0.3, 0.4) is 0 Å². The van der Waals surface area contributed by atoms with Crippen LogP contribution in [0.5, 0.6) is 0 Å². The molecule has 0 radical (unpaired) electrons. The molecular weight excluding hydrogens is 883 g/mol. The Morgan fingerprint density at radius 2 is 1.58 bits per heavy atom. The van der Waals surface area contributed by atoms with Crippen molar-refractivity contribution >= 4 is 55.9 Å². The molecule has 0 bridgehead atoms.